The molecule has 0 amide bonds. The van der Waals surface area contributed by atoms with Crippen molar-refractivity contribution in [2.45, 2.75) is 46.2 Å². The summed E-state index contributed by atoms with van der Waals surface area (Å²) in [6, 6.07) is 8.70. The number of ether oxygens (including phenoxy) is 1. The van der Waals surface area contributed by atoms with Crippen LogP contribution >= 0.6 is 24.0 Å². The van der Waals surface area contributed by atoms with Gasteiger partial charge in [0.25, 0.3) is 0 Å². The second-order valence-corrected chi connectivity index (χ2v) is 7.11. The number of guanidine groups is 1. The molecule has 2 N–H and O–H groups in total. The Labute approximate surface area is 176 Å². The Hall–Kier alpha value is -1.02. The summed E-state index contributed by atoms with van der Waals surface area (Å²) >= 11 is 0. The lowest BCUT2D eigenvalue weighted by Gasteiger charge is -2.27. The van der Waals surface area contributed by atoms with Crippen LogP contribution in [0.3, 0.4) is 0 Å². The average molecular weight is 474 g/mol. The van der Waals surface area contributed by atoms with Gasteiger partial charge in [-0.3, -0.25) is 4.90 Å². The topological polar surface area (TPSA) is 48.9 Å². The molecule has 1 aromatic rings. The summed E-state index contributed by atoms with van der Waals surface area (Å²) in [6.45, 7) is 11.6. The summed E-state index contributed by atoms with van der Waals surface area (Å²) in [5, 5.41) is 6.88. The van der Waals surface area contributed by atoms with Gasteiger partial charge in [0.15, 0.2) is 5.96 Å². The quantitative estimate of drug-likeness (QED) is 0.344. The van der Waals surface area contributed by atoms with Crippen molar-refractivity contribution >= 4 is 29.9 Å². The molecule has 0 bridgehead atoms. The zero-order chi connectivity index (χ0) is 18.1. The molecule has 0 saturated carbocycles. The Kier molecular flexibility index (Phi) is 11.0. The summed E-state index contributed by atoms with van der Waals surface area (Å²) in [7, 11) is 1.69. The third-order valence-corrected chi connectivity index (χ3v) is 4.50. The van der Waals surface area contributed by atoms with Gasteiger partial charge >= 0.3 is 0 Å². The SMILES string of the molecule is CCNC(=NCc1cccc(OC)c1)NC[C@H]1CCCN1CC(C)C.I. The number of nitrogens with one attached hydrogen (secondary N) is 2. The van der Waals surface area contributed by atoms with E-state index in [0.717, 1.165) is 36.3 Å². The monoisotopic (exact) mass is 474 g/mol. The van der Waals surface area contributed by atoms with E-state index in [2.05, 4.69) is 42.4 Å². The van der Waals surface area contributed by atoms with Gasteiger partial charge in [-0.05, 0) is 49.9 Å². The van der Waals surface area contributed by atoms with Gasteiger partial charge in [-0.25, -0.2) is 4.99 Å². The van der Waals surface area contributed by atoms with Crippen molar-refractivity contribution in [2.75, 3.05) is 33.3 Å². The number of nitrogens with zero attached hydrogens (tertiary/aromatic N) is 2. The molecule has 26 heavy (non-hydrogen) atoms. The number of likely N-dealkylation sites (tertiary alicyclic amines) is 1. The normalized spacial score (nSPS) is 17.9. The number of aliphatic imine (C=N–C) groups is 1. The number of hydrogen-bond donors (Lipinski definition) is 2. The third-order valence-electron chi connectivity index (χ3n) is 4.50. The van der Waals surface area contributed by atoms with Crippen molar-refractivity contribution in [3.63, 3.8) is 0 Å². The van der Waals surface area contributed by atoms with E-state index in [1.165, 1.54) is 25.9 Å². The highest BCUT2D eigenvalue weighted by Gasteiger charge is 2.24. The molecular formula is C20H35IN4O. The van der Waals surface area contributed by atoms with Crippen LogP contribution in [0.25, 0.3) is 0 Å². The molecule has 0 aromatic heterocycles. The smallest absolute Gasteiger partial charge is 0.191 e. The molecule has 6 heteroatoms. The molecule has 1 aliphatic rings. The lowest BCUT2D eigenvalue weighted by atomic mass is 10.1. The van der Waals surface area contributed by atoms with Crippen molar-refractivity contribution < 1.29 is 4.74 Å². The highest BCUT2D eigenvalue weighted by atomic mass is 127. The predicted molar refractivity (Wildman–Crippen MR) is 121 cm³/mol. The Balaban J connectivity index is 0.00000338. The molecule has 0 unspecified atom stereocenters. The first kappa shape index (κ1) is 23.0. The molecule has 148 valence electrons. The maximum absolute atomic E-state index is 5.28. The predicted octanol–water partition coefficient (Wildman–Crippen LogP) is 3.49. The number of methoxy groups -OCH3 is 1. The van der Waals surface area contributed by atoms with Crippen LogP contribution in [0.4, 0.5) is 0 Å². The van der Waals surface area contributed by atoms with Crippen molar-refractivity contribution in [1.29, 1.82) is 0 Å². The Bertz CT molecular complexity index is 550. The van der Waals surface area contributed by atoms with Gasteiger partial charge < -0.3 is 15.4 Å². The van der Waals surface area contributed by atoms with Crippen LogP contribution in [0.5, 0.6) is 5.75 Å². The van der Waals surface area contributed by atoms with Crippen LogP contribution in [-0.2, 0) is 6.54 Å². The number of hydrogen-bond acceptors (Lipinski definition) is 3. The molecule has 1 aromatic carbocycles. The van der Waals surface area contributed by atoms with Gasteiger partial charge in [0.1, 0.15) is 5.75 Å². The number of rotatable bonds is 8. The van der Waals surface area contributed by atoms with Crippen molar-refractivity contribution in [3.05, 3.63) is 29.8 Å². The molecule has 0 aliphatic carbocycles. The molecule has 1 fully saturated rings. The minimum Gasteiger partial charge on any atom is -0.497 e. The fraction of sp³-hybridized carbons (Fsp3) is 0.650. The van der Waals surface area contributed by atoms with Crippen LogP contribution in [0, 0.1) is 5.92 Å². The summed E-state index contributed by atoms with van der Waals surface area (Å²) in [5.41, 5.74) is 1.15. The largest absolute Gasteiger partial charge is 0.497 e. The fourth-order valence-corrected chi connectivity index (χ4v) is 3.33. The molecule has 5 nitrogen and oxygen atoms in total. The molecule has 1 saturated heterocycles. The van der Waals surface area contributed by atoms with E-state index in [9.17, 15) is 0 Å². The molecule has 2 rings (SSSR count). The van der Waals surface area contributed by atoms with Crippen molar-refractivity contribution in [1.82, 2.24) is 15.5 Å². The second-order valence-electron chi connectivity index (χ2n) is 7.11. The van der Waals surface area contributed by atoms with Gasteiger partial charge in [-0.1, -0.05) is 26.0 Å². The highest BCUT2D eigenvalue weighted by molar-refractivity contribution is 14.0. The van der Waals surface area contributed by atoms with Crippen LogP contribution < -0.4 is 15.4 Å². The van der Waals surface area contributed by atoms with Crippen LogP contribution in [0.2, 0.25) is 0 Å². The van der Waals surface area contributed by atoms with E-state index in [-0.39, 0.29) is 24.0 Å². The molecule has 0 spiro atoms. The van der Waals surface area contributed by atoms with E-state index in [0.29, 0.717) is 12.6 Å². The van der Waals surface area contributed by atoms with Gasteiger partial charge in [0.2, 0.25) is 0 Å². The van der Waals surface area contributed by atoms with E-state index < -0.39 is 0 Å². The van der Waals surface area contributed by atoms with Gasteiger partial charge in [0.05, 0.1) is 13.7 Å². The lowest BCUT2D eigenvalue weighted by Crippen LogP contribution is -2.45. The average Bonchev–Trinajstić information content (AvgIpc) is 3.04. The zero-order valence-corrected chi connectivity index (χ0v) is 19.0. The molecule has 1 heterocycles. The molecule has 0 radical (unpaired) electrons. The maximum Gasteiger partial charge on any atom is 0.191 e. The Morgan fingerprint density at radius 1 is 1.35 bits per heavy atom. The standard InChI is InChI=1S/C20H34N4O.HI/c1-5-21-20(22-13-17-8-6-10-19(12-17)25-4)23-14-18-9-7-11-24(18)15-16(2)3;/h6,8,10,12,16,18H,5,7,9,11,13-15H2,1-4H3,(H2,21,22,23);1H/t18-;/m1./s1. The first-order valence-electron chi connectivity index (χ1n) is 9.51. The summed E-state index contributed by atoms with van der Waals surface area (Å²) < 4.78 is 5.28. The summed E-state index contributed by atoms with van der Waals surface area (Å²) in [5.74, 6) is 2.48. The van der Waals surface area contributed by atoms with Crippen LogP contribution in [-0.4, -0.2) is 50.2 Å². The Morgan fingerprint density at radius 3 is 2.85 bits per heavy atom. The van der Waals surface area contributed by atoms with E-state index in [1.54, 1.807) is 7.11 Å². The summed E-state index contributed by atoms with van der Waals surface area (Å²) in [4.78, 5) is 7.34. The zero-order valence-electron chi connectivity index (χ0n) is 16.6. The molecule has 1 atom stereocenters. The minimum atomic E-state index is 0. The highest BCUT2D eigenvalue weighted by Crippen LogP contribution is 2.18. The molecule has 1 aliphatic heterocycles. The number of halogens is 1. The summed E-state index contributed by atoms with van der Waals surface area (Å²) in [6.07, 6.45) is 2.57. The third kappa shape index (κ3) is 7.70. The van der Waals surface area contributed by atoms with Crippen molar-refractivity contribution in [3.8, 4) is 5.75 Å². The van der Waals surface area contributed by atoms with Gasteiger partial charge in [-0.15, -0.1) is 24.0 Å². The maximum atomic E-state index is 5.28. The van der Waals surface area contributed by atoms with Crippen LogP contribution in [0.1, 0.15) is 39.2 Å². The van der Waals surface area contributed by atoms with E-state index in [4.69, 9.17) is 9.73 Å². The van der Waals surface area contributed by atoms with Crippen LogP contribution in [0.15, 0.2) is 29.3 Å². The fourth-order valence-electron chi connectivity index (χ4n) is 3.33. The lowest BCUT2D eigenvalue weighted by molar-refractivity contribution is 0.226. The van der Waals surface area contributed by atoms with E-state index >= 15 is 0 Å². The second kappa shape index (κ2) is 12.4. The van der Waals surface area contributed by atoms with E-state index in [1.807, 2.05) is 18.2 Å². The minimum absolute atomic E-state index is 0. The Morgan fingerprint density at radius 2 is 2.15 bits per heavy atom. The van der Waals surface area contributed by atoms with Gasteiger partial charge in [0, 0.05) is 25.7 Å². The van der Waals surface area contributed by atoms with Gasteiger partial charge in [-0.2, -0.15) is 0 Å². The van der Waals surface area contributed by atoms with Crippen molar-refractivity contribution in [2.24, 2.45) is 10.9 Å². The first-order chi connectivity index (χ1) is 12.1. The number of benzene rings is 1. The first-order valence-corrected chi connectivity index (χ1v) is 9.51. The molecular weight excluding hydrogens is 439 g/mol.